The van der Waals surface area contributed by atoms with Crippen LogP contribution in [0.5, 0.6) is 5.75 Å². The lowest BCUT2D eigenvalue weighted by Gasteiger charge is -2.13. The summed E-state index contributed by atoms with van der Waals surface area (Å²) in [5, 5.41) is 14.0. The minimum atomic E-state index is -0.453. The Balaban J connectivity index is 1.70. The summed E-state index contributed by atoms with van der Waals surface area (Å²) < 4.78 is 0. The predicted molar refractivity (Wildman–Crippen MR) is 95.4 cm³/mol. The largest absolute Gasteiger partial charge is 0.508 e. The SMILES string of the molecule is Cc1cc(O)c(C2CC(C(=O)Nc3ccccc3Cl)NN2)cc1Cl. The molecular weight excluding hydrogens is 349 g/mol. The van der Waals surface area contributed by atoms with Crippen LogP contribution in [0, 0.1) is 6.92 Å². The molecule has 5 nitrogen and oxygen atoms in total. The zero-order chi connectivity index (χ0) is 17.3. The molecule has 0 radical (unpaired) electrons. The predicted octanol–water partition coefficient (Wildman–Crippen LogP) is 3.55. The summed E-state index contributed by atoms with van der Waals surface area (Å²) in [7, 11) is 0. The Labute approximate surface area is 149 Å². The number of carbonyl (C=O) groups excluding carboxylic acids is 1. The minimum Gasteiger partial charge on any atom is -0.508 e. The molecule has 2 aromatic rings. The fourth-order valence-corrected chi connectivity index (χ4v) is 3.03. The van der Waals surface area contributed by atoms with Gasteiger partial charge in [-0.05, 0) is 43.2 Å². The Kier molecular flexibility index (Phi) is 4.96. The molecule has 0 spiro atoms. The lowest BCUT2D eigenvalue weighted by atomic mass is 9.99. The normalized spacial score (nSPS) is 20.1. The highest BCUT2D eigenvalue weighted by Gasteiger charge is 2.32. The Bertz CT molecular complexity index is 782. The number of anilines is 1. The van der Waals surface area contributed by atoms with E-state index in [1.807, 2.05) is 6.92 Å². The summed E-state index contributed by atoms with van der Waals surface area (Å²) in [6.07, 6.45) is 0.475. The maximum Gasteiger partial charge on any atom is 0.242 e. The van der Waals surface area contributed by atoms with Gasteiger partial charge in [0.15, 0.2) is 0 Å². The lowest BCUT2D eigenvalue weighted by Crippen LogP contribution is -2.39. The molecule has 0 aliphatic carbocycles. The Morgan fingerprint density at radius 3 is 2.71 bits per heavy atom. The van der Waals surface area contributed by atoms with Gasteiger partial charge in [0, 0.05) is 10.6 Å². The first-order chi connectivity index (χ1) is 11.5. The number of para-hydroxylation sites is 1. The van der Waals surface area contributed by atoms with Crippen LogP contribution in [0.25, 0.3) is 0 Å². The van der Waals surface area contributed by atoms with E-state index in [2.05, 4.69) is 16.2 Å². The van der Waals surface area contributed by atoms with Gasteiger partial charge in [-0.1, -0.05) is 35.3 Å². The van der Waals surface area contributed by atoms with Crippen LogP contribution < -0.4 is 16.2 Å². The molecule has 1 fully saturated rings. The molecule has 0 bridgehead atoms. The molecule has 1 amide bonds. The van der Waals surface area contributed by atoms with Crippen molar-refractivity contribution >= 4 is 34.8 Å². The maximum absolute atomic E-state index is 12.4. The average molecular weight is 366 g/mol. The zero-order valence-corrected chi connectivity index (χ0v) is 14.4. The average Bonchev–Trinajstić information content (AvgIpc) is 3.03. The van der Waals surface area contributed by atoms with Gasteiger partial charge in [0.05, 0.1) is 16.8 Å². The van der Waals surface area contributed by atoms with Crippen molar-refractivity contribution < 1.29 is 9.90 Å². The molecule has 2 atom stereocenters. The molecule has 0 aromatic heterocycles. The fraction of sp³-hybridized carbons (Fsp3) is 0.235. The second-order valence-corrected chi connectivity index (χ2v) is 6.57. The summed E-state index contributed by atoms with van der Waals surface area (Å²) in [6, 6.07) is 9.73. The van der Waals surface area contributed by atoms with E-state index in [9.17, 15) is 9.90 Å². The Hall–Kier alpha value is -1.79. The zero-order valence-electron chi connectivity index (χ0n) is 12.9. The molecule has 1 saturated heterocycles. The number of phenolic OH excluding ortho intramolecular Hbond substituents is 1. The molecule has 2 aromatic carbocycles. The Morgan fingerprint density at radius 2 is 1.96 bits per heavy atom. The molecule has 4 N–H and O–H groups in total. The van der Waals surface area contributed by atoms with E-state index in [0.717, 1.165) is 5.56 Å². The second kappa shape index (κ2) is 6.99. The molecule has 1 aliphatic rings. The number of hydrogen-bond acceptors (Lipinski definition) is 4. The first-order valence-corrected chi connectivity index (χ1v) is 8.26. The number of nitrogens with one attached hydrogen (secondary N) is 3. The lowest BCUT2D eigenvalue weighted by molar-refractivity contribution is -0.117. The molecule has 0 saturated carbocycles. The number of hydrazine groups is 1. The van der Waals surface area contributed by atoms with Crippen molar-refractivity contribution in [2.75, 3.05) is 5.32 Å². The maximum atomic E-state index is 12.4. The summed E-state index contributed by atoms with van der Waals surface area (Å²) in [5.41, 5.74) is 8.00. The third-order valence-corrected chi connectivity index (χ3v) is 4.77. The van der Waals surface area contributed by atoms with Crippen molar-refractivity contribution in [3.8, 4) is 5.75 Å². The summed E-state index contributed by atoms with van der Waals surface area (Å²) >= 11 is 12.2. The fourth-order valence-electron chi connectivity index (χ4n) is 2.68. The van der Waals surface area contributed by atoms with E-state index in [0.29, 0.717) is 27.7 Å². The third kappa shape index (κ3) is 3.49. The van der Waals surface area contributed by atoms with E-state index < -0.39 is 6.04 Å². The summed E-state index contributed by atoms with van der Waals surface area (Å²) in [4.78, 5) is 12.4. The van der Waals surface area contributed by atoms with Crippen LogP contribution in [0.2, 0.25) is 10.0 Å². The highest BCUT2D eigenvalue weighted by atomic mass is 35.5. The van der Waals surface area contributed by atoms with E-state index in [-0.39, 0.29) is 17.7 Å². The van der Waals surface area contributed by atoms with Gasteiger partial charge in [-0.3, -0.25) is 4.79 Å². The summed E-state index contributed by atoms with van der Waals surface area (Å²) in [6.45, 7) is 1.83. The number of phenols is 1. The first kappa shape index (κ1) is 17.0. The van der Waals surface area contributed by atoms with Crippen LogP contribution in [-0.4, -0.2) is 17.1 Å². The van der Waals surface area contributed by atoms with Gasteiger partial charge in [-0.15, -0.1) is 0 Å². The number of hydrogen-bond donors (Lipinski definition) is 4. The molecule has 1 heterocycles. The number of carbonyl (C=O) groups is 1. The van der Waals surface area contributed by atoms with Crippen molar-refractivity contribution in [3.05, 3.63) is 57.6 Å². The van der Waals surface area contributed by atoms with Crippen molar-refractivity contribution in [1.29, 1.82) is 0 Å². The number of aryl methyl sites for hydroxylation is 1. The van der Waals surface area contributed by atoms with Crippen molar-refractivity contribution in [1.82, 2.24) is 10.9 Å². The molecule has 2 unspecified atom stereocenters. The topological polar surface area (TPSA) is 73.4 Å². The molecule has 7 heteroatoms. The third-order valence-electron chi connectivity index (χ3n) is 4.03. The van der Waals surface area contributed by atoms with Gasteiger partial charge < -0.3 is 10.4 Å². The van der Waals surface area contributed by atoms with Crippen molar-refractivity contribution in [2.24, 2.45) is 0 Å². The van der Waals surface area contributed by atoms with E-state index in [1.165, 1.54) is 0 Å². The standard InChI is InChI=1S/C17H17Cl2N3O2/c1-9-6-16(23)10(7-12(9)19)14-8-15(22-21-14)17(24)20-13-5-3-2-4-11(13)18/h2-7,14-15,21-23H,8H2,1H3,(H,20,24). The smallest absolute Gasteiger partial charge is 0.242 e. The summed E-state index contributed by atoms with van der Waals surface area (Å²) in [5.74, 6) is -0.0424. The molecule has 3 rings (SSSR count). The van der Waals surface area contributed by atoms with Crippen molar-refractivity contribution in [2.45, 2.75) is 25.4 Å². The number of halogens is 2. The van der Waals surface area contributed by atoms with Crippen LogP contribution in [0.1, 0.15) is 23.6 Å². The molecular formula is C17H17Cl2N3O2. The van der Waals surface area contributed by atoms with Gasteiger partial charge in [0.1, 0.15) is 11.8 Å². The van der Waals surface area contributed by atoms with E-state index in [1.54, 1.807) is 36.4 Å². The van der Waals surface area contributed by atoms with Gasteiger partial charge in [-0.2, -0.15) is 0 Å². The highest BCUT2D eigenvalue weighted by molar-refractivity contribution is 6.33. The van der Waals surface area contributed by atoms with E-state index in [4.69, 9.17) is 23.2 Å². The second-order valence-electron chi connectivity index (χ2n) is 5.76. The van der Waals surface area contributed by atoms with Gasteiger partial charge in [0.25, 0.3) is 0 Å². The number of amides is 1. The monoisotopic (exact) mass is 365 g/mol. The highest BCUT2D eigenvalue weighted by Crippen LogP contribution is 2.34. The van der Waals surface area contributed by atoms with Crippen LogP contribution in [0.4, 0.5) is 5.69 Å². The first-order valence-electron chi connectivity index (χ1n) is 7.51. The van der Waals surface area contributed by atoms with E-state index >= 15 is 0 Å². The minimum absolute atomic E-state index is 0.156. The van der Waals surface area contributed by atoms with Gasteiger partial charge in [-0.25, -0.2) is 10.9 Å². The number of aromatic hydroxyl groups is 1. The molecule has 1 aliphatic heterocycles. The van der Waals surface area contributed by atoms with Gasteiger partial charge in [0.2, 0.25) is 5.91 Å². The number of rotatable bonds is 3. The molecule has 24 heavy (non-hydrogen) atoms. The van der Waals surface area contributed by atoms with Crippen LogP contribution in [0.15, 0.2) is 36.4 Å². The van der Waals surface area contributed by atoms with Crippen LogP contribution >= 0.6 is 23.2 Å². The Morgan fingerprint density at radius 1 is 1.21 bits per heavy atom. The van der Waals surface area contributed by atoms with Gasteiger partial charge >= 0.3 is 0 Å². The number of benzene rings is 2. The van der Waals surface area contributed by atoms with Crippen LogP contribution in [0.3, 0.4) is 0 Å². The van der Waals surface area contributed by atoms with Crippen LogP contribution in [-0.2, 0) is 4.79 Å². The quantitative estimate of drug-likeness (QED) is 0.670. The van der Waals surface area contributed by atoms with Crippen molar-refractivity contribution in [3.63, 3.8) is 0 Å². The molecule has 126 valence electrons.